The Bertz CT molecular complexity index is 597. The summed E-state index contributed by atoms with van der Waals surface area (Å²) in [6.45, 7) is 5.25. The lowest BCUT2D eigenvalue weighted by Gasteiger charge is -2.30. The summed E-state index contributed by atoms with van der Waals surface area (Å²) in [4.78, 5) is 0. The molecule has 2 aromatic carbocycles. The molecule has 0 saturated carbocycles. The third-order valence-electron chi connectivity index (χ3n) is 3.92. The van der Waals surface area contributed by atoms with Gasteiger partial charge in [-0.3, -0.25) is 0 Å². The Hall–Kier alpha value is -2.04. The largest absolute Gasteiger partial charge is 0.490 e. The maximum atomic E-state index is 6.35. The molecular formula is C19H24NO3+. The number of benzene rings is 2. The van der Waals surface area contributed by atoms with E-state index in [0.29, 0.717) is 6.61 Å². The van der Waals surface area contributed by atoms with E-state index < -0.39 is 0 Å². The van der Waals surface area contributed by atoms with Crippen LogP contribution in [0.3, 0.4) is 0 Å². The summed E-state index contributed by atoms with van der Waals surface area (Å²) >= 11 is 0. The molecule has 0 bridgehead atoms. The van der Waals surface area contributed by atoms with Gasteiger partial charge < -0.3 is 19.5 Å². The standard InChI is InChI=1S/C19H23NO3/c1-2-21-16-10-6-7-11-17(16)23-19(15-8-4-3-5-9-15)18-14-20-12-13-22-18/h3-11,18-20H,2,12-14H2,1H3/p+1/t18-,19+/m1/s1. The lowest BCUT2D eigenvalue weighted by molar-refractivity contribution is -0.678. The molecule has 122 valence electrons. The Labute approximate surface area is 137 Å². The van der Waals surface area contributed by atoms with E-state index in [2.05, 4.69) is 17.4 Å². The molecule has 0 amide bonds. The predicted octanol–water partition coefficient (Wildman–Crippen LogP) is 2.17. The van der Waals surface area contributed by atoms with Crippen molar-refractivity contribution >= 4 is 0 Å². The van der Waals surface area contributed by atoms with Gasteiger partial charge in [0.2, 0.25) is 0 Å². The Morgan fingerprint density at radius 2 is 1.83 bits per heavy atom. The first kappa shape index (κ1) is 15.8. The van der Waals surface area contributed by atoms with Crippen LogP contribution in [0.2, 0.25) is 0 Å². The number of quaternary nitrogens is 1. The fourth-order valence-electron chi connectivity index (χ4n) is 2.82. The molecule has 4 nitrogen and oxygen atoms in total. The average molecular weight is 314 g/mol. The van der Waals surface area contributed by atoms with Gasteiger partial charge in [0.1, 0.15) is 12.6 Å². The Balaban J connectivity index is 1.86. The second-order valence-corrected chi connectivity index (χ2v) is 5.55. The fraction of sp³-hybridized carbons (Fsp3) is 0.368. The topological polar surface area (TPSA) is 44.3 Å². The average Bonchev–Trinajstić information content (AvgIpc) is 2.63. The van der Waals surface area contributed by atoms with Crippen molar-refractivity contribution in [3.05, 3.63) is 60.2 Å². The van der Waals surface area contributed by atoms with E-state index >= 15 is 0 Å². The van der Waals surface area contributed by atoms with Gasteiger partial charge in [-0.05, 0) is 24.6 Å². The Morgan fingerprint density at radius 1 is 1.09 bits per heavy atom. The van der Waals surface area contributed by atoms with E-state index in [1.54, 1.807) is 0 Å². The van der Waals surface area contributed by atoms with Gasteiger partial charge in [-0.25, -0.2) is 0 Å². The quantitative estimate of drug-likeness (QED) is 0.889. The number of morpholine rings is 1. The second kappa shape index (κ2) is 7.99. The number of para-hydroxylation sites is 2. The first-order chi connectivity index (χ1) is 11.4. The lowest BCUT2D eigenvalue weighted by atomic mass is 10.0. The first-order valence-electron chi connectivity index (χ1n) is 8.25. The smallest absolute Gasteiger partial charge is 0.162 e. The van der Waals surface area contributed by atoms with E-state index in [-0.39, 0.29) is 12.2 Å². The SMILES string of the molecule is CCOc1ccccc1O[C@@H](c1ccccc1)[C@H]1C[NH2+]CCO1. The molecule has 2 aromatic rings. The van der Waals surface area contributed by atoms with E-state index in [9.17, 15) is 0 Å². The van der Waals surface area contributed by atoms with Crippen molar-refractivity contribution in [1.82, 2.24) is 0 Å². The van der Waals surface area contributed by atoms with Gasteiger partial charge in [-0.2, -0.15) is 0 Å². The highest BCUT2D eigenvalue weighted by atomic mass is 16.6. The summed E-state index contributed by atoms with van der Waals surface area (Å²) in [6.07, 6.45) is -0.116. The highest BCUT2D eigenvalue weighted by Crippen LogP contribution is 2.33. The fourth-order valence-corrected chi connectivity index (χ4v) is 2.82. The van der Waals surface area contributed by atoms with Gasteiger partial charge in [0, 0.05) is 0 Å². The van der Waals surface area contributed by atoms with E-state index in [1.807, 2.05) is 49.4 Å². The van der Waals surface area contributed by atoms with E-state index in [1.165, 1.54) is 0 Å². The molecule has 23 heavy (non-hydrogen) atoms. The summed E-state index contributed by atoms with van der Waals surface area (Å²) in [6, 6.07) is 18.1. The normalized spacial score (nSPS) is 19.1. The Kier molecular flexibility index (Phi) is 5.51. The van der Waals surface area contributed by atoms with Gasteiger partial charge in [0.15, 0.2) is 17.6 Å². The molecule has 2 N–H and O–H groups in total. The van der Waals surface area contributed by atoms with Gasteiger partial charge in [-0.1, -0.05) is 42.5 Å². The summed E-state index contributed by atoms with van der Waals surface area (Å²) in [5.74, 6) is 1.54. The molecule has 1 saturated heterocycles. The third kappa shape index (κ3) is 4.03. The molecular weight excluding hydrogens is 290 g/mol. The second-order valence-electron chi connectivity index (χ2n) is 5.55. The van der Waals surface area contributed by atoms with Crippen LogP contribution in [-0.2, 0) is 4.74 Å². The summed E-state index contributed by atoms with van der Waals surface area (Å²) in [5.41, 5.74) is 1.12. The lowest BCUT2D eigenvalue weighted by Crippen LogP contribution is -2.90. The van der Waals surface area contributed by atoms with Gasteiger partial charge in [0.05, 0.1) is 19.8 Å². The minimum Gasteiger partial charge on any atom is -0.490 e. The zero-order valence-corrected chi connectivity index (χ0v) is 13.5. The Morgan fingerprint density at radius 3 is 2.52 bits per heavy atom. The van der Waals surface area contributed by atoms with Gasteiger partial charge >= 0.3 is 0 Å². The number of hydrogen-bond acceptors (Lipinski definition) is 3. The van der Waals surface area contributed by atoms with Crippen LogP contribution in [0.25, 0.3) is 0 Å². The molecule has 0 radical (unpaired) electrons. The molecule has 1 aliphatic heterocycles. The van der Waals surface area contributed by atoms with Crippen LogP contribution in [0.15, 0.2) is 54.6 Å². The zero-order valence-electron chi connectivity index (χ0n) is 13.5. The summed E-state index contributed by atoms with van der Waals surface area (Å²) < 4.78 is 18.0. The van der Waals surface area contributed by atoms with Crippen molar-refractivity contribution in [3.8, 4) is 11.5 Å². The monoisotopic (exact) mass is 314 g/mol. The van der Waals surface area contributed by atoms with Crippen molar-refractivity contribution in [2.45, 2.75) is 19.1 Å². The number of nitrogens with two attached hydrogens (primary N) is 1. The molecule has 0 aromatic heterocycles. The summed E-state index contributed by atoms with van der Waals surface area (Å²) in [7, 11) is 0. The van der Waals surface area contributed by atoms with Crippen LogP contribution in [0, 0.1) is 0 Å². The van der Waals surface area contributed by atoms with Crippen LogP contribution in [0.4, 0.5) is 0 Å². The number of ether oxygens (including phenoxy) is 3. The first-order valence-corrected chi connectivity index (χ1v) is 8.25. The number of rotatable bonds is 6. The van der Waals surface area contributed by atoms with Crippen molar-refractivity contribution in [2.75, 3.05) is 26.3 Å². The van der Waals surface area contributed by atoms with Gasteiger partial charge in [-0.15, -0.1) is 0 Å². The highest BCUT2D eigenvalue weighted by molar-refractivity contribution is 5.40. The van der Waals surface area contributed by atoms with Crippen LogP contribution >= 0.6 is 0 Å². The highest BCUT2D eigenvalue weighted by Gasteiger charge is 2.30. The van der Waals surface area contributed by atoms with Gasteiger partial charge in [0.25, 0.3) is 0 Å². The molecule has 0 unspecified atom stereocenters. The minimum atomic E-state index is -0.144. The van der Waals surface area contributed by atoms with Crippen LogP contribution in [0.1, 0.15) is 18.6 Å². The van der Waals surface area contributed by atoms with Crippen LogP contribution in [0.5, 0.6) is 11.5 Å². The van der Waals surface area contributed by atoms with E-state index in [0.717, 1.165) is 36.8 Å². The molecule has 0 aliphatic carbocycles. The molecule has 1 heterocycles. The third-order valence-corrected chi connectivity index (χ3v) is 3.92. The minimum absolute atomic E-state index is 0.0285. The van der Waals surface area contributed by atoms with E-state index in [4.69, 9.17) is 14.2 Å². The maximum Gasteiger partial charge on any atom is 0.162 e. The molecule has 1 fully saturated rings. The molecule has 2 atom stereocenters. The number of hydrogen-bond donors (Lipinski definition) is 1. The zero-order chi connectivity index (χ0) is 15.9. The predicted molar refractivity (Wildman–Crippen MR) is 88.8 cm³/mol. The molecule has 0 spiro atoms. The molecule has 3 rings (SSSR count). The maximum absolute atomic E-state index is 6.35. The van der Waals surface area contributed by atoms with Crippen molar-refractivity contribution in [1.29, 1.82) is 0 Å². The van der Waals surface area contributed by atoms with Crippen molar-refractivity contribution in [3.63, 3.8) is 0 Å². The van der Waals surface area contributed by atoms with Crippen molar-refractivity contribution < 1.29 is 19.5 Å². The molecule has 1 aliphatic rings. The van der Waals surface area contributed by atoms with Crippen LogP contribution in [-0.4, -0.2) is 32.4 Å². The summed E-state index contributed by atoms with van der Waals surface area (Å²) in [5, 5.41) is 2.28. The van der Waals surface area contributed by atoms with Crippen LogP contribution < -0.4 is 14.8 Å². The molecule has 4 heteroatoms. The van der Waals surface area contributed by atoms with Crippen molar-refractivity contribution in [2.24, 2.45) is 0 Å².